The minimum atomic E-state index is -3.44. The highest BCUT2D eigenvalue weighted by molar-refractivity contribution is 7.90. The molecule has 106 valence electrons. The van der Waals surface area contributed by atoms with Crippen LogP contribution in [0.5, 0.6) is 0 Å². The van der Waals surface area contributed by atoms with E-state index >= 15 is 0 Å². The normalized spacial score (nSPS) is 11.5. The number of aliphatic carboxylic acids is 1. The molecule has 1 N–H and O–H groups in total. The Morgan fingerprint density at radius 2 is 2.00 bits per heavy atom. The average Bonchev–Trinajstić information content (AvgIpc) is 2.28. The average molecular weight is 309 g/mol. The van der Waals surface area contributed by atoms with Gasteiger partial charge in [0.2, 0.25) is 0 Å². The first-order valence-corrected chi connectivity index (χ1v) is 7.86. The van der Waals surface area contributed by atoms with Gasteiger partial charge in [-0.3, -0.25) is 4.79 Å². The number of carboxylic acids is 1. The Kier molecular flexibility index (Phi) is 5.75. The molecule has 0 aliphatic carbocycles. The zero-order valence-corrected chi connectivity index (χ0v) is 11.7. The zero-order chi connectivity index (χ0) is 14.5. The van der Waals surface area contributed by atoms with Crippen molar-refractivity contribution in [3.05, 3.63) is 34.6 Å². The first kappa shape index (κ1) is 15.9. The third-order valence-corrected chi connectivity index (χ3v) is 4.38. The van der Waals surface area contributed by atoms with E-state index in [4.69, 9.17) is 16.7 Å². The minimum absolute atomic E-state index is 0.0647. The summed E-state index contributed by atoms with van der Waals surface area (Å²) in [6.45, 7) is 0. The van der Waals surface area contributed by atoms with Gasteiger partial charge < -0.3 is 5.11 Å². The van der Waals surface area contributed by atoms with E-state index in [1.54, 1.807) is 0 Å². The first-order valence-electron chi connectivity index (χ1n) is 5.66. The van der Waals surface area contributed by atoms with Crippen LogP contribution in [0.4, 0.5) is 4.39 Å². The van der Waals surface area contributed by atoms with E-state index < -0.39 is 27.4 Å². The maximum atomic E-state index is 13.4. The molecule has 1 aromatic carbocycles. The zero-order valence-electron chi connectivity index (χ0n) is 10.1. The first-order chi connectivity index (χ1) is 8.80. The Bertz CT molecular complexity index is 557. The largest absolute Gasteiger partial charge is 0.481 e. The number of sulfone groups is 1. The number of unbranched alkanes of at least 4 members (excludes halogenated alkanes) is 1. The van der Waals surface area contributed by atoms with E-state index in [-0.39, 0.29) is 35.6 Å². The summed E-state index contributed by atoms with van der Waals surface area (Å²) in [6, 6.07) is 3.84. The summed E-state index contributed by atoms with van der Waals surface area (Å²) in [7, 11) is -3.44. The Morgan fingerprint density at radius 1 is 1.32 bits per heavy atom. The Morgan fingerprint density at radius 3 is 2.58 bits per heavy atom. The molecule has 0 spiro atoms. The molecule has 4 nitrogen and oxygen atoms in total. The van der Waals surface area contributed by atoms with Crippen LogP contribution in [0.3, 0.4) is 0 Å². The maximum absolute atomic E-state index is 13.4. The lowest BCUT2D eigenvalue weighted by Gasteiger charge is -2.05. The summed E-state index contributed by atoms with van der Waals surface area (Å²) in [5.74, 6) is -2.16. The molecule has 0 aliphatic heterocycles. The highest BCUT2D eigenvalue weighted by Gasteiger charge is 2.15. The number of benzene rings is 1. The molecule has 7 heteroatoms. The number of carboxylic acid groups (broad SMARTS) is 1. The molecule has 0 heterocycles. The van der Waals surface area contributed by atoms with Gasteiger partial charge in [-0.05, 0) is 25.0 Å². The third kappa shape index (κ3) is 6.02. The molecule has 0 fully saturated rings. The molecule has 0 unspecified atom stereocenters. The van der Waals surface area contributed by atoms with Crippen LogP contribution in [-0.2, 0) is 20.4 Å². The summed E-state index contributed by atoms with van der Waals surface area (Å²) in [5, 5.41) is 8.64. The smallest absolute Gasteiger partial charge is 0.303 e. The Labute approximate surface area is 116 Å². The lowest BCUT2D eigenvalue weighted by atomic mass is 10.2. The number of hydrogen-bond donors (Lipinski definition) is 1. The number of halogens is 2. The van der Waals surface area contributed by atoms with Crippen LogP contribution in [0.25, 0.3) is 0 Å². The molecule has 1 rings (SSSR count). The van der Waals surface area contributed by atoms with Crippen molar-refractivity contribution in [1.82, 2.24) is 0 Å². The van der Waals surface area contributed by atoms with Crippen molar-refractivity contribution >= 4 is 27.4 Å². The summed E-state index contributed by atoms with van der Waals surface area (Å²) >= 11 is 5.58. The second-order valence-corrected chi connectivity index (χ2v) is 6.80. The molecule has 0 atom stereocenters. The van der Waals surface area contributed by atoms with Crippen molar-refractivity contribution in [3.8, 4) is 0 Å². The Hall–Kier alpha value is -1.14. The van der Waals surface area contributed by atoms with Gasteiger partial charge in [-0.25, -0.2) is 12.8 Å². The summed E-state index contributed by atoms with van der Waals surface area (Å²) in [4.78, 5) is 10.3. The van der Waals surface area contributed by atoms with Crippen LogP contribution < -0.4 is 0 Å². The van der Waals surface area contributed by atoms with Crippen LogP contribution in [0.1, 0.15) is 24.8 Å². The van der Waals surface area contributed by atoms with Crippen LogP contribution in [0, 0.1) is 5.82 Å². The number of rotatable bonds is 7. The molecule has 0 radical (unpaired) electrons. The van der Waals surface area contributed by atoms with Crippen LogP contribution >= 0.6 is 11.6 Å². The molecular weight excluding hydrogens is 295 g/mol. The summed E-state index contributed by atoms with van der Waals surface area (Å²) in [5.41, 5.74) is 0.0719. The Balaban J connectivity index is 2.56. The lowest BCUT2D eigenvalue weighted by Crippen LogP contribution is -2.11. The molecule has 0 bridgehead atoms. The van der Waals surface area contributed by atoms with Crippen molar-refractivity contribution in [2.24, 2.45) is 0 Å². The van der Waals surface area contributed by atoms with Crippen molar-refractivity contribution in [2.45, 2.75) is 25.0 Å². The predicted molar refractivity (Wildman–Crippen MR) is 70.4 cm³/mol. The third-order valence-electron chi connectivity index (χ3n) is 2.49. The molecular formula is C12H14ClFO4S. The van der Waals surface area contributed by atoms with E-state index in [0.29, 0.717) is 0 Å². The van der Waals surface area contributed by atoms with Crippen LogP contribution in [-0.4, -0.2) is 25.2 Å². The lowest BCUT2D eigenvalue weighted by molar-refractivity contribution is -0.137. The van der Waals surface area contributed by atoms with Gasteiger partial charge in [0.05, 0.1) is 11.5 Å². The van der Waals surface area contributed by atoms with E-state index in [0.717, 1.165) is 6.07 Å². The van der Waals surface area contributed by atoms with E-state index in [9.17, 15) is 17.6 Å². The summed E-state index contributed by atoms with van der Waals surface area (Å²) in [6.07, 6.45) is 0.479. The highest BCUT2D eigenvalue weighted by Crippen LogP contribution is 2.17. The van der Waals surface area contributed by atoms with Gasteiger partial charge in [-0.15, -0.1) is 0 Å². The van der Waals surface area contributed by atoms with Crippen LogP contribution in [0.15, 0.2) is 18.2 Å². The molecule has 0 aromatic heterocycles. The highest BCUT2D eigenvalue weighted by atomic mass is 35.5. The second kappa shape index (κ2) is 6.86. The quantitative estimate of drug-likeness (QED) is 0.786. The van der Waals surface area contributed by atoms with Crippen molar-refractivity contribution in [1.29, 1.82) is 0 Å². The predicted octanol–water partition coefficient (Wildman–Crippen LogP) is 2.65. The number of hydrogen-bond acceptors (Lipinski definition) is 3. The minimum Gasteiger partial charge on any atom is -0.481 e. The molecule has 0 aliphatic rings. The van der Waals surface area contributed by atoms with Gasteiger partial charge in [0.15, 0.2) is 9.84 Å². The summed E-state index contributed by atoms with van der Waals surface area (Å²) < 4.78 is 36.9. The van der Waals surface area contributed by atoms with Gasteiger partial charge in [0, 0.05) is 17.0 Å². The fourth-order valence-electron chi connectivity index (χ4n) is 1.55. The fraction of sp³-hybridized carbons (Fsp3) is 0.417. The van der Waals surface area contributed by atoms with E-state index in [1.807, 2.05) is 0 Å². The second-order valence-electron chi connectivity index (χ2n) is 4.18. The molecule has 0 amide bonds. The van der Waals surface area contributed by atoms with Crippen LogP contribution in [0.2, 0.25) is 5.02 Å². The molecule has 19 heavy (non-hydrogen) atoms. The standard InChI is InChI=1S/C12H14ClFO4S/c13-10-5-4-9(11(14)7-10)8-19(17,18)6-2-1-3-12(15)16/h4-5,7H,1-3,6,8H2,(H,15,16). The van der Waals surface area contributed by atoms with E-state index in [2.05, 4.69) is 0 Å². The van der Waals surface area contributed by atoms with Gasteiger partial charge in [0.25, 0.3) is 0 Å². The van der Waals surface area contributed by atoms with Gasteiger partial charge in [0.1, 0.15) is 5.82 Å². The molecule has 0 saturated heterocycles. The fourth-order valence-corrected chi connectivity index (χ4v) is 3.20. The van der Waals surface area contributed by atoms with Crippen molar-refractivity contribution < 1.29 is 22.7 Å². The van der Waals surface area contributed by atoms with Crippen molar-refractivity contribution in [3.63, 3.8) is 0 Å². The van der Waals surface area contributed by atoms with Gasteiger partial charge >= 0.3 is 5.97 Å². The van der Waals surface area contributed by atoms with Crippen molar-refractivity contribution in [2.75, 3.05) is 5.75 Å². The maximum Gasteiger partial charge on any atom is 0.303 e. The SMILES string of the molecule is O=C(O)CCCCS(=O)(=O)Cc1ccc(Cl)cc1F. The van der Waals surface area contributed by atoms with Gasteiger partial charge in [-0.1, -0.05) is 17.7 Å². The molecule has 1 aromatic rings. The van der Waals surface area contributed by atoms with E-state index in [1.165, 1.54) is 12.1 Å². The van der Waals surface area contributed by atoms with Gasteiger partial charge in [-0.2, -0.15) is 0 Å². The monoisotopic (exact) mass is 308 g/mol. The molecule has 0 saturated carbocycles. The topological polar surface area (TPSA) is 71.4 Å². The number of carbonyl (C=O) groups is 1.